The van der Waals surface area contributed by atoms with E-state index < -0.39 is 15.8 Å². The highest BCUT2D eigenvalue weighted by molar-refractivity contribution is 7.90. The van der Waals surface area contributed by atoms with Gasteiger partial charge in [0.2, 0.25) is 0 Å². The first-order valence-corrected chi connectivity index (χ1v) is 3.90. The Morgan fingerprint density at radius 1 is 1.75 bits per heavy atom. The van der Waals surface area contributed by atoms with Crippen LogP contribution >= 0.6 is 0 Å². The van der Waals surface area contributed by atoms with E-state index in [4.69, 9.17) is 5.41 Å². The first-order valence-electron chi connectivity index (χ1n) is 1.84. The third-order valence-corrected chi connectivity index (χ3v) is 0.930. The molecule has 1 N–H and O–H groups in total. The summed E-state index contributed by atoms with van der Waals surface area (Å²) in [5.74, 6) is -0.406. The van der Waals surface area contributed by atoms with Gasteiger partial charge in [0.1, 0.15) is 0 Å². The molecule has 0 aliphatic rings. The summed E-state index contributed by atoms with van der Waals surface area (Å²) >= 11 is 0. The fraction of sp³-hybridized carbons (Fsp3) is 0.667. The molecule has 0 amide bonds. The predicted octanol–water partition coefficient (Wildman–Crippen LogP) is -0.388. The highest BCUT2D eigenvalue weighted by Gasteiger charge is 1.97. The summed E-state index contributed by atoms with van der Waals surface area (Å²) in [5, 5.41) is 6.27. The van der Waals surface area contributed by atoms with Gasteiger partial charge in [-0.25, -0.2) is 8.42 Å². The van der Waals surface area contributed by atoms with Gasteiger partial charge in [-0.1, -0.05) is 0 Å². The van der Waals surface area contributed by atoms with Crippen LogP contribution in [0.4, 0.5) is 0 Å². The molecule has 0 aromatic carbocycles. The minimum atomic E-state index is -3.06. The van der Waals surface area contributed by atoms with Crippen molar-refractivity contribution in [3.8, 4) is 0 Å². The van der Waals surface area contributed by atoms with Crippen molar-refractivity contribution in [3.63, 3.8) is 0 Å². The lowest BCUT2D eigenvalue weighted by Crippen LogP contribution is -2.05. The molecule has 48 valence electrons. The minimum absolute atomic E-state index is 0.406. The molecule has 0 saturated carbocycles. The topological polar surface area (TPSA) is 67.2 Å². The van der Waals surface area contributed by atoms with Gasteiger partial charge in [-0.15, -0.1) is 0 Å². The van der Waals surface area contributed by atoms with Crippen LogP contribution in [0, 0.1) is 5.41 Å². The van der Waals surface area contributed by atoms with Crippen molar-refractivity contribution in [2.24, 2.45) is 0 Å². The van der Waals surface area contributed by atoms with E-state index in [2.05, 4.69) is 4.74 Å². The molecule has 0 spiro atoms. The Morgan fingerprint density at radius 2 is 2.25 bits per heavy atom. The van der Waals surface area contributed by atoms with E-state index in [1.54, 1.807) is 0 Å². The highest BCUT2D eigenvalue weighted by Crippen LogP contribution is 1.79. The van der Waals surface area contributed by atoms with Crippen LogP contribution < -0.4 is 0 Å². The molecule has 0 aliphatic carbocycles. The Balaban J connectivity index is 3.57. The smallest absolute Gasteiger partial charge is 0.190 e. The number of hydrogen-bond donors (Lipinski definition) is 1. The van der Waals surface area contributed by atoms with Gasteiger partial charge in [0.05, 0.1) is 0 Å². The van der Waals surface area contributed by atoms with Gasteiger partial charge >= 0.3 is 0 Å². The molecule has 0 heterocycles. The van der Waals surface area contributed by atoms with Crippen LogP contribution in [0.15, 0.2) is 0 Å². The average molecular weight is 137 g/mol. The van der Waals surface area contributed by atoms with Crippen LogP contribution in [0.2, 0.25) is 0 Å². The van der Waals surface area contributed by atoms with E-state index in [1.807, 2.05) is 0 Å². The molecular weight excluding hydrogens is 130 g/mol. The van der Waals surface area contributed by atoms with Crippen molar-refractivity contribution < 1.29 is 13.2 Å². The summed E-state index contributed by atoms with van der Waals surface area (Å²) < 4.78 is 24.5. The number of hydrogen-bond acceptors (Lipinski definition) is 4. The molecule has 0 rings (SSSR count). The normalized spacial score (nSPS) is 10.6. The summed E-state index contributed by atoms with van der Waals surface area (Å²) in [6.07, 6.45) is 1.64. The number of sulfone groups is 1. The third kappa shape index (κ3) is 5.42. The lowest BCUT2D eigenvalue weighted by molar-refractivity contribution is 0.380. The summed E-state index contributed by atoms with van der Waals surface area (Å²) in [5.41, 5.74) is 0. The van der Waals surface area contributed by atoms with Crippen LogP contribution in [-0.2, 0) is 14.6 Å². The Kier molecular flexibility index (Phi) is 2.47. The first-order chi connectivity index (χ1) is 3.56. The van der Waals surface area contributed by atoms with Gasteiger partial charge in [0.15, 0.2) is 22.2 Å². The van der Waals surface area contributed by atoms with Gasteiger partial charge in [-0.05, 0) is 0 Å². The van der Waals surface area contributed by atoms with Crippen LogP contribution in [0.1, 0.15) is 0 Å². The maximum Gasteiger partial charge on any atom is 0.190 e. The number of ether oxygens (including phenoxy) is 1. The van der Waals surface area contributed by atoms with Crippen molar-refractivity contribution in [1.82, 2.24) is 0 Å². The van der Waals surface area contributed by atoms with E-state index in [1.165, 1.54) is 0 Å². The zero-order valence-electron chi connectivity index (χ0n) is 4.42. The zero-order chi connectivity index (χ0) is 6.62. The average Bonchev–Trinajstić information content (AvgIpc) is 1.59. The highest BCUT2D eigenvalue weighted by atomic mass is 32.2. The minimum Gasteiger partial charge on any atom is -0.468 e. The lowest BCUT2D eigenvalue weighted by atomic mass is 11.4. The molecule has 5 heteroatoms. The molecule has 0 atom stereocenters. The molecule has 0 bridgehead atoms. The molecule has 0 aromatic heterocycles. The summed E-state index contributed by atoms with van der Waals surface area (Å²) in [6, 6.07) is 0. The molecule has 0 saturated heterocycles. The molecular formula is C3H7NO3S. The standard InChI is InChI=1S/C3H7NO3S/c1-8(5,6)3-7-2-4/h2,4H,3H2,1H3. The Bertz CT molecular complexity index is 159. The van der Waals surface area contributed by atoms with Crippen molar-refractivity contribution >= 4 is 16.2 Å². The third-order valence-electron chi connectivity index (χ3n) is 0.365. The summed E-state index contributed by atoms with van der Waals surface area (Å²) in [4.78, 5) is 0. The quantitative estimate of drug-likeness (QED) is 0.425. The first kappa shape index (κ1) is 7.42. The largest absolute Gasteiger partial charge is 0.468 e. The molecule has 0 radical (unpaired) electrons. The second-order valence-corrected chi connectivity index (χ2v) is 3.42. The summed E-state index contributed by atoms with van der Waals surface area (Å²) in [7, 11) is -3.06. The second-order valence-electron chi connectivity index (χ2n) is 1.33. The van der Waals surface area contributed by atoms with Gasteiger partial charge < -0.3 is 4.74 Å². The Labute approximate surface area is 47.9 Å². The molecule has 0 aromatic rings. The van der Waals surface area contributed by atoms with Crippen molar-refractivity contribution in [1.29, 1.82) is 5.41 Å². The molecule has 4 nitrogen and oxygen atoms in total. The summed E-state index contributed by atoms with van der Waals surface area (Å²) in [6.45, 7) is 0. The van der Waals surface area contributed by atoms with Crippen molar-refractivity contribution in [3.05, 3.63) is 0 Å². The maximum absolute atomic E-state index is 10.2. The SMILES string of the molecule is CS(=O)(=O)COC=N. The predicted molar refractivity (Wildman–Crippen MR) is 29.6 cm³/mol. The number of rotatable bonds is 3. The number of nitrogens with one attached hydrogen (secondary N) is 1. The second kappa shape index (κ2) is 2.66. The van der Waals surface area contributed by atoms with Gasteiger partial charge in [-0.2, -0.15) is 0 Å². The van der Waals surface area contributed by atoms with E-state index in [9.17, 15) is 8.42 Å². The molecule has 0 aliphatic heterocycles. The van der Waals surface area contributed by atoms with E-state index in [0.29, 0.717) is 6.40 Å². The van der Waals surface area contributed by atoms with Gasteiger partial charge in [0, 0.05) is 6.26 Å². The fourth-order valence-electron chi connectivity index (χ4n) is 0.158. The lowest BCUT2D eigenvalue weighted by Gasteiger charge is -1.92. The van der Waals surface area contributed by atoms with E-state index >= 15 is 0 Å². The van der Waals surface area contributed by atoms with Crippen LogP contribution in [0.25, 0.3) is 0 Å². The van der Waals surface area contributed by atoms with Crippen molar-refractivity contribution in [2.45, 2.75) is 0 Å². The Morgan fingerprint density at radius 3 is 2.38 bits per heavy atom. The fourth-order valence-corrected chi connectivity index (χ4v) is 0.473. The Hall–Kier alpha value is -0.580. The van der Waals surface area contributed by atoms with Crippen molar-refractivity contribution in [2.75, 3.05) is 12.2 Å². The van der Waals surface area contributed by atoms with Crippen LogP contribution in [-0.4, -0.2) is 27.0 Å². The van der Waals surface area contributed by atoms with E-state index in [0.717, 1.165) is 6.26 Å². The van der Waals surface area contributed by atoms with Crippen LogP contribution in [0.3, 0.4) is 0 Å². The maximum atomic E-state index is 10.2. The van der Waals surface area contributed by atoms with Gasteiger partial charge in [-0.3, -0.25) is 5.41 Å². The molecule has 8 heavy (non-hydrogen) atoms. The molecule has 0 unspecified atom stereocenters. The monoisotopic (exact) mass is 137 g/mol. The van der Waals surface area contributed by atoms with E-state index in [-0.39, 0.29) is 0 Å². The van der Waals surface area contributed by atoms with Gasteiger partial charge in [0.25, 0.3) is 0 Å². The zero-order valence-corrected chi connectivity index (χ0v) is 5.23. The molecule has 0 fully saturated rings. The van der Waals surface area contributed by atoms with Crippen LogP contribution in [0.5, 0.6) is 0 Å².